The van der Waals surface area contributed by atoms with Gasteiger partial charge in [-0.2, -0.15) is 0 Å². The highest BCUT2D eigenvalue weighted by Gasteiger charge is 2.05. The molecular formula is C15H15BrN2O. The molecule has 1 aromatic heterocycles. The summed E-state index contributed by atoms with van der Waals surface area (Å²) in [5.74, 6) is -0.0679. The summed E-state index contributed by atoms with van der Waals surface area (Å²) in [5.41, 5.74) is 3.79. The highest BCUT2D eigenvalue weighted by molar-refractivity contribution is 9.08. The highest BCUT2D eigenvalue weighted by Crippen LogP contribution is 2.08. The zero-order valence-corrected chi connectivity index (χ0v) is 12.3. The van der Waals surface area contributed by atoms with Gasteiger partial charge < -0.3 is 5.32 Å². The number of halogens is 1. The molecule has 1 aromatic carbocycles. The third-order valence-electron chi connectivity index (χ3n) is 2.80. The molecule has 1 heterocycles. The lowest BCUT2D eigenvalue weighted by atomic mass is 10.1. The van der Waals surface area contributed by atoms with E-state index in [1.54, 1.807) is 6.20 Å². The number of pyridine rings is 1. The first-order chi connectivity index (χ1) is 9.19. The number of hydrogen-bond donors (Lipinski definition) is 1. The van der Waals surface area contributed by atoms with Crippen molar-refractivity contribution in [3.63, 3.8) is 0 Å². The number of carbonyl (C=O) groups excluding carboxylic acids is 1. The number of nitrogens with zero attached hydrogens (tertiary/aromatic N) is 1. The predicted molar refractivity (Wildman–Crippen MR) is 79.2 cm³/mol. The van der Waals surface area contributed by atoms with Crippen LogP contribution in [0.4, 0.5) is 0 Å². The fraction of sp³-hybridized carbons (Fsp3) is 0.200. The smallest absolute Gasteiger partial charge is 0.251 e. The first kappa shape index (κ1) is 13.7. The van der Waals surface area contributed by atoms with Gasteiger partial charge in [0.2, 0.25) is 0 Å². The Morgan fingerprint density at radius 3 is 2.42 bits per heavy atom. The van der Waals surface area contributed by atoms with E-state index in [0.717, 1.165) is 22.2 Å². The Hall–Kier alpha value is -1.68. The van der Waals surface area contributed by atoms with E-state index in [1.165, 1.54) is 0 Å². The van der Waals surface area contributed by atoms with Crippen molar-refractivity contribution < 1.29 is 4.79 Å². The molecular weight excluding hydrogens is 304 g/mol. The fourth-order valence-corrected chi connectivity index (χ4v) is 2.01. The van der Waals surface area contributed by atoms with Crippen LogP contribution in [0.5, 0.6) is 0 Å². The van der Waals surface area contributed by atoms with Crippen molar-refractivity contribution in [3.05, 3.63) is 65.0 Å². The number of aromatic nitrogens is 1. The summed E-state index contributed by atoms with van der Waals surface area (Å²) >= 11 is 3.38. The molecule has 0 unspecified atom stereocenters. The number of alkyl halides is 1. The van der Waals surface area contributed by atoms with E-state index in [1.807, 2.05) is 43.3 Å². The molecule has 0 atom stereocenters. The lowest BCUT2D eigenvalue weighted by Crippen LogP contribution is -2.22. The molecule has 4 heteroatoms. The van der Waals surface area contributed by atoms with Gasteiger partial charge in [-0.15, -0.1) is 0 Å². The van der Waals surface area contributed by atoms with Crippen LogP contribution in [0, 0.1) is 6.92 Å². The standard InChI is InChI=1S/C15H15BrN2O/c1-11-2-3-13(9-17-11)10-18-15(19)14-6-4-12(8-16)5-7-14/h2-7,9H,8,10H2,1H3,(H,18,19). The average Bonchev–Trinajstić information content (AvgIpc) is 2.46. The van der Waals surface area contributed by atoms with Crippen LogP contribution in [-0.2, 0) is 11.9 Å². The van der Waals surface area contributed by atoms with Crippen LogP contribution in [-0.4, -0.2) is 10.9 Å². The van der Waals surface area contributed by atoms with Crippen molar-refractivity contribution in [1.82, 2.24) is 10.3 Å². The average molecular weight is 319 g/mol. The van der Waals surface area contributed by atoms with Crippen LogP contribution in [0.3, 0.4) is 0 Å². The number of aryl methyl sites for hydroxylation is 1. The maximum absolute atomic E-state index is 11.9. The Kier molecular flexibility index (Phi) is 4.68. The Bertz CT molecular complexity index is 549. The fourth-order valence-electron chi connectivity index (χ4n) is 1.63. The summed E-state index contributed by atoms with van der Waals surface area (Å²) in [6.07, 6.45) is 1.78. The minimum absolute atomic E-state index is 0.0679. The first-order valence-electron chi connectivity index (χ1n) is 6.03. The largest absolute Gasteiger partial charge is 0.348 e. The molecule has 0 spiro atoms. The number of amides is 1. The van der Waals surface area contributed by atoms with Crippen LogP contribution in [0.1, 0.15) is 27.2 Å². The monoisotopic (exact) mass is 318 g/mol. The van der Waals surface area contributed by atoms with E-state index in [0.29, 0.717) is 12.1 Å². The van der Waals surface area contributed by atoms with Gasteiger partial charge in [0.15, 0.2) is 0 Å². The maximum atomic E-state index is 11.9. The molecule has 0 fully saturated rings. The number of carbonyl (C=O) groups is 1. The quantitative estimate of drug-likeness (QED) is 0.879. The molecule has 0 radical (unpaired) electrons. The molecule has 1 N–H and O–H groups in total. The van der Waals surface area contributed by atoms with E-state index in [4.69, 9.17) is 0 Å². The molecule has 0 bridgehead atoms. The highest BCUT2D eigenvalue weighted by atomic mass is 79.9. The number of hydrogen-bond acceptors (Lipinski definition) is 2. The van der Waals surface area contributed by atoms with E-state index in [2.05, 4.69) is 26.2 Å². The molecule has 0 saturated heterocycles. The predicted octanol–water partition coefficient (Wildman–Crippen LogP) is 3.21. The molecule has 2 rings (SSSR count). The van der Waals surface area contributed by atoms with E-state index in [9.17, 15) is 4.79 Å². The van der Waals surface area contributed by atoms with Gasteiger partial charge in [-0.05, 0) is 36.2 Å². The van der Waals surface area contributed by atoms with Gasteiger partial charge in [-0.3, -0.25) is 9.78 Å². The molecule has 98 valence electrons. The van der Waals surface area contributed by atoms with Crippen molar-refractivity contribution in [2.45, 2.75) is 18.8 Å². The lowest BCUT2D eigenvalue weighted by molar-refractivity contribution is 0.0951. The second kappa shape index (κ2) is 6.48. The van der Waals surface area contributed by atoms with Gasteiger partial charge in [-0.25, -0.2) is 0 Å². The number of nitrogens with one attached hydrogen (secondary N) is 1. The number of rotatable bonds is 4. The molecule has 0 saturated carbocycles. The van der Waals surface area contributed by atoms with Crippen molar-refractivity contribution >= 4 is 21.8 Å². The van der Waals surface area contributed by atoms with Crippen LogP contribution < -0.4 is 5.32 Å². The molecule has 1 amide bonds. The summed E-state index contributed by atoms with van der Waals surface area (Å²) in [4.78, 5) is 16.1. The topological polar surface area (TPSA) is 42.0 Å². The van der Waals surface area contributed by atoms with E-state index in [-0.39, 0.29) is 5.91 Å². The molecule has 2 aromatic rings. The van der Waals surface area contributed by atoms with E-state index >= 15 is 0 Å². The van der Waals surface area contributed by atoms with Gasteiger partial charge in [-0.1, -0.05) is 34.1 Å². The Morgan fingerprint density at radius 1 is 1.16 bits per heavy atom. The second-order valence-electron chi connectivity index (χ2n) is 4.32. The molecule has 19 heavy (non-hydrogen) atoms. The lowest BCUT2D eigenvalue weighted by Gasteiger charge is -2.06. The Labute approximate surface area is 121 Å². The minimum Gasteiger partial charge on any atom is -0.348 e. The first-order valence-corrected chi connectivity index (χ1v) is 7.16. The summed E-state index contributed by atoms with van der Waals surface area (Å²) in [5, 5.41) is 3.68. The molecule has 0 aliphatic carbocycles. The van der Waals surface area contributed by atoms with Crippen LogP contribution in [0.25, 0.3) is 0 Å². The molecule has 3 nitrogen and oxygen atoms in total. The van der Waals surface area contributed by atoms with Crippen LogP contribution >= 0.6 is 15.9 Å². The Morgan fingerprint density at radius 2 is 1.84 bits per heavy atom. The third-order valence-corrected chi connectivity index (χ3v) is 3.44. The summed E-state index contributed by atoms with van der Waals surface area (Å²) in [6, 6.07) is 11.5. The molecule has 0 aliphatic heterocycles. The van der Waals surface area contributed by atoms with Gasteiger partial charge in [0.25, 0.3) is 5.91 Å². The maximum Gasteiger partial charge on any atom is 0.251 e. The molecule has 0 aliphatic rings. The van der Waals surface area contributed by atoms with E-state index < -0.39 is 0 Å². The van der Waals surface area contributed by atoms with Crippen molar-refractivity contribution in [3.8, 4) is 0 Å². The summed E-state index contributed by atoms with van der Waals surface area (Å²) < 4.78 is 0. The zero-order chi connectivity index (χ0) is 13.7. The van der Waals surface area contributed by atoms with Crippen molar-refractivity contribution in [1.29, 1.82) is 0 Å². The normalized spacial score (nSPS) is 10.2. The van der Waals surface area contributed by atoms with Gasteiger partial charge in [0.1, 0.15) is 0 Å². The summed E-state index contributed by atoms with van der Waals surface area (Å²) in [6.45, 7) is 2.43. The Balaban J connectivity index is 1.95. The SMILES string of the molecule is Cc1ccc(CNC(=O)c2ccc(CBr)cc2)cn1. The van der Waals surface area contributed by atoms with Crippen molar-refractivity contribution in [2.24, 2.45) is 0 Å². The van der Waals surface area contributed by atoms with Gasteiger partial charge in [0, 0.05) is 29.3 Å². The van der Waals surface area contributed by atoms with Crippen LogP contribution in [0.15, 0.2) is 42.6 Å². The zero-order valence-electron chi connectivity index (χ0n) is 10.7. The summed E-state index contributed by atoms with van der Waals surface area (Å²) in [7, 11) is 0. The van der Waals surface area contributed by atoms with Gasteiger partial charge >= 0.3 is 0 Å². The van der Waals surface area contributed by atoms with Crippen molar-refractivity contribution in [2.75, 3.05) is 0 Å². The van der Waals surface area contributed by atoms with Gasteiger partial charge in [0.05, 0.1) is 0 Å². The number of benzene rings is 1. The second-order valence-corrected chi connectivity index (χ2v) is 4.88. The minimum atomic E-state index is -0.0679. The van der Waals surface area contributed by atoms with Crippen LogP contribution in [0.2, 0.25) is 0 Å². The third kappa shape index (κ3) is 3.89.